The number of aryl methyl sites for hydroxylation is 1. The van der Waals surface area contributed by atoms with Gasteiger partial charge in [-0.25, -0.2) is 9.78 Å². The van der Waals surface area contributed by atoms with Crippen LogP contribution in [0.15, 0.2) is 21.2 Å². The molecule has 0 spiro atoms. The van der Waals surface area contributed by atoms with Crippen LogP contribution in [0.2, 0.25) is 0 Å². The zero-order valence-electron chi connectivity index (χ0n) is 12.9. The highest BCUT2D eigenvalue weighted by Gasteiger charge is 2.07. The second-order valence-electron chi connectivity index (χ2n) is 4.96. The molecule has 0 fully saturated rings. The Kier molecular flexibility index (Phi) is 6.17. The van der Waals surface area contributed by atoms with Gasteiger partial charge in [0.05, 0.1) is 5.69 Å². The Balaban J connectivity index is 1.84. The van der Waals surface area contributed by atoms with Crippen LogP contribution in [0.4, 0.5) is 0 Å². The molecule has 23 heavy (non-hydrogen) atoms. The van der Waals surface area contributed by atoms with Crippen molar-refractivity contribution >= 4 is 29.0 Å². The van der Waals surface area contributed by atoms with Gasteiger partial charge in [0, 0.05) is 35.9 Å². The number of nitrogens with zero attached hydrogens (tertiary/aromatic N) is 2. The first-order valence-corrected chi connectivity index (χ1v) is 9.26. The van der Waals surface area contributed by atoms with Gasteiger partial charge in [0.2, 0.25) is 5.91 Å². The molecule has 2 aromatic rings. The topological polar surface area (TPSA) is 96.8 Å². The van der Waals surface area contributed by atoms with Gasteiger partial charge >= 0.3 is 5.69 Å². The van der Waals surface area contributed by atoms with E-state index in [0.29, 0.717) is 18.5 Å². The number of rotatable bonds is 7. The highest BCUT2D eigenvalue weighted by molar-refractivity contribution is 7.97. The minimum Gasteiger partial charge on any atom is -0.354 e. The number of carbonyl (C=O) groups is 1. The van der Waals surface area contributed by atoms with Gasteiger partial charge < -0.3 is 5.32 Å². The molecule has 0 radical (unpaired) electrons. The van der Waals surface area contributed by atoms with Crippen molar-refractivity contribution in [1.82, 2.24) is 19.9 Å². The molecule has 0 unspecified atom stereocenters. The number of thioether (sulfide) groups is 1. The molecule has 0 aromatic carbocycles. The van der Waals surface area contributed by atoms with Gasteiger partial charge in [-0.15, -0.1) is 11.3 Å². The van der Waals surface area contributed by atoms with Gasteiger partial charge in [0.25, 0.3) is 5.56 Å². The molecule has 0 aliphatic rings. The Bertz CT molecular complexity index is 794. The smallest absolute Gasteiger partial charge is 0.328 e. The van der Waals surface area contributed by atoms with Crippen LogP contribution in [0.25, 0.3) is 0 Å². The lowest BCUT2D eigenvalue weighted by molar-refractivity contribution is -0.121. The van der Waals surface area contributed by atoms with Crippen molar-refractivity contribution < 1.29 is 4.79 Å². The Morgan fingerprint density at radius 2 is 2.26 bits per heavy atom. The van der Waals surface area contributed by atoms with Gasteiger partial charge in [0.15, 0.2) is 0 Å². The fourth-order valence-corrected chi connectivity index (χ4v) is 3.48. The molecule has 0 bridgehead atoms. The van der Waals surface area contributed by atoms with E-state index in [0.717, 1.165) is 16.5 Å². The fourth-order valence-electron chi connectivity index (χ4n) is 1.93. The summed E-state index contributed by atoms with van der Waals surface area (Å²) in [5, 5.41) is 5.82. The molecule has 0 aliphatic carbocycles. The molecule has 2 N–H and O–H groups in total. The average molecular weight is 354 g/mol. The summed E-state index contributed by atoms with van der Waals surface area (Å²) in [5.74, 6) is 0.615. The highest BCUT2D eigenvalue weighted by atomic mass is 32.2. The molecule has 2 rings (SSSR count). The Morgan fingerprint density at radius 1 is 1.48 bits per heavy atom. The minimum absolute atomic E-state index is 0.120. The lowest BCUT2D eigenvalue weighted by Crippen LogP contribution is -2.37. The zero-order valence-corrected chi connectivity index (χ0v) is 14.6. The molecule has 0 aliphatic heterocycles. The predicted molar refractivity (Wildman–Crippen MR) is 92.1 cm³/mol. The van der Waals surface area contributed by atoms with E-state index in [4.69, 9.17) is 0 Å². The number of H-pyrrole nitrogens is 1. The summed E-state index contributed by atoms with van der Waals surface area (Å²) >= 11 is 3.34. The number of thiazole rings is 1. The van der Waals surface area contributed by atoms with Crippen LogP contribution in [-0.2, 0) is 23.5 Å². The van der Waals surface area contributed by atoms with Crippen molar-refractivity contribution in [2.45, 2.75) is 25.6 Å². The van der Waals surface area contributed by atoms with Gasteiger partial charge in [-0.3, -0.25) is 19.1 Å². The second-order valence-corrected chi connectivity index (χ2v) is 6.77. The van der Waals surface area contributed by atoms with Crippen molar-refractivity contribution in [2.24, 2.45) is 0 Å². The summed E-state index contributed by atoms with van der Waals surface area (Å²) < 4.78 is 1.19. The number of nitrogens with one attached hydrogen (secondary N) is 2. The Hall–Kier alpha value is -1.87. The third kappa shape index (κ3) is 5.07. The maximum Gasteiger partial charge on any atom is 0.328 e. The van der Waals surface area contributed by atoms with E-state index in [1.165, 1.54) is 10.8 Å². The molecule has 7 nitrogen and oxygen atoms in total. The molecule has 9 heteroatoms. The summed E-state index contributed by atoms with van der Waals surface area (Å²) in [6.45, 7) is 1.92. The van der Waals surface area contributed by atoms with Gasteiger partial charge in [-0.2, -0.15) is 11.8 Å². The van der Waals surface area contributed by atoms with E-state index < -0.39 is 11.2 Å². The molecular weight excluding hydrogens is 336 g/mol. The van der Waals surface area contributed by atoms with Crippen molar-refractivity contribution in [3.63, 3.8) is 0 Å². The third-order valence-electron chi connectivity index (χ3n) is 3.07. The van der Waals surface area contributed by atoms with E-state index in [1.807, 2.05) is 11.6 Å². The van der Waals surface area contributed by atoms with E-state index in [-0.39, 0.29) is 12.5 Å². The average Bonchev–Trinajstić information content (AvgIpc) is 2.93. The fraction of sp³-hybridized carbons (Fsp3) is 0.429. The van der Waals surface area contributed by atoms with Crippen LogP contribution >= 0.6 is 23.1 Å². The summed E-state index contributed by atoms with van der Waals surface area (Å²) in [6.07, 6.45) is 4.06. The molecule has 124 valence electrons. The predicted octanol–water partition coefficient (Wildman–Crippen LogP) is 0.523. The Morgan fingerprint density at radius 3 is 3.00 bits per heavy atom. The second kappa shape index (κ2) is 8.11. The molecule has 0 saturated heterocycles. The normalized spacial score (nSPS) is 10.7. The van der Waals surface area contributed by atoms with Crippen LogP contribution in [0, 0.1) is 6.92 Å². The quantitative estimate of drug-likeness (QED) is 0.756. The van der Waals surface area contributed by atoms with Crippen LogP contribution in [0.5, 0.6) is 0 Å². The molecule has 2 heterocycles. The van der Waals surface area contributed by atoms with E-state index in [1.54, 1.807) is 30.0 Å². The SMILES string of the molecule is CSCc1nc(CCNC(=O)Cn2cc(C)c(=O)[nH]c2=O)cs1. The Labute approximate surface area is 141 Å². The summed E-state index contributed by atoms with van der Waals surface area (Å²) in [6, 6.07) is 0. The lowest BCUT2D eigenvalue weighted by Gasteiger charge is -2.07. The first-order chi connectivity index (χ1) is 11.0. The van der Waals surface area contributed by atoms with Crippen LogP contribution < -0.4 is 16.6 Å². The van der Waals surface area contributed by atoms with Crippen molar-refractivity contribution in [3.05, 3.63) is 48.7 Å². The molecule has 1 amide bonds. The summed E-state index contributed by atoms with van der Waals surface area (Å²) in [7, 11) is 0. The van der Waals surface area contributed by atoms with Crippen LogP contribution in [0.3, 0.4) is 0 Å². The van der Waals surface area contributed by atoms with Gasteiger partial charge in [0.1, 0.15) is 11.6 Å². The molecule has 2 aromatic heterocycles. The third-order valence-corrected chi connectivity index (χ3v) is 4.72. The van der Waals surface area contributed by atoms with Crippen LogP contribution in [-0.4, -0.2) is 33.2 Å². The van der Waals surface area contributed by atoms with Crippen molar-refractivity contribution in [2.75, 3.05) is 12.8 Å². The van der Waals surface area contributed by atoms with Crippen molar-refractivity contribution in [1.29, 1.82) is 0 Å². The highest BCUT2D eigenvalue weighted by Crippen LogP contribution is 2.15. The maximum absolute atomic E-state index is 11.9. The number of carbonyl (C=O) groups excluding carboxylic acids is 1. The number of hydrogen-bond donors (Lipinski definition) is 2. The summed E-state index contributed by atoms with van der Waals surface area (Å²) in [4.78, 5) is 41.4. The maximum atomic E-state index is 11.9. The number of amides is 1. The number of aromatic amines is 1. The standard InChI is InChI=1S/C14H18N4O3S2/c1-9-5-18(14(21)17-13(9)20)6-11(19)15-4-3-10-7-23-12(16-10)8-22-2/h5,7H,3-4,6,8H2,1-2H3,(H,15,19)(H,17,20,21). The zero-order chi connectivity index (χ0) is 16.8. The first-order valence-electron chi connectivity index (χ1n) is 6.99. The van der Waals surface area contributed by atoms with E-state index in [9.17, 15) is 14.4 Å². The minimum atomic E-state index is -0.586. The van der Waals surface area contributed by atoms with Crippen molar-refractivity contribution in [3.8, 4) is 0 Å². The largest absolute Gasteiger partial charge is 0.354 e. The molecule has 0 saturated carbocycles. The van der Waals surface area contributed by atoms with Gasteiger partial charge in [-0.1, -0.05) is 0 Å². The molecule has 0 atom stereocenters. The van der Waals surface area contributed by atoms with E-state index >= 15 is 0 Å². The number of aromatic nitrogens is 3. The first kappa shape index (κ1) is 17.5. The summed E-state index contributed by atoms with van der Waals surface area (Å²) in [5.41, 5.74) is 0.325. The number of hydrogen-bond acceptors (Lipinski definition) is 6. The lowest BCUT2D eigenvalue weighted by atomic mass is 10.3. The molecular formula is C14H18N4O3S2. The van der Waals surface area contributed by atoms with Crippen LogP contribution in [0.1, 0.15) is 16.3 Å². The van der Waals surface area contributed by atoms with E-state index in [2.05, 4.69) is 15.3 Å². The monoisotopic (exact) mass is 354 g/mol. The van der Waals surface area contributed by atoms with Gasteiger partial charge in [-0.05, 0) is 13.2 Å².